The van der Waals surface area contributed by atoms with Crippen LogP contribution in [0.4, 0.5) is 4.79 Å². The smallest absolute Gasteiger partial charge is 0.410 e. The Morgan fingerprint density at radius 1 is 1.24 bits per heavy atom. The van der Waals surface area contributed by atoms with E-state index in [1.165, 1.54) is 0 Å². The van der Waals surface area contributed by atoms with Gasteiger partial charge in [-0.25, -0.2) is 4.79 Å². The van der Waals surface area contributed by atoms with Crippen molar-refractivity contribution < 1.29 is 19.1 Å². The quantitative estimate of drug-likeness (QED) is 0.786. The first-order valence-corrected chi connectivity index (χ1v) is 8.43. The molecule has 1 saturated heterocycles. The van der Waals surface area contributed by atoms with Crippen molar-refractivity contribution in [3.63, 3.8) is 0 Å². The van der Waals surface area contributed by atoms with E-state index in [2.05, 4.69) is 6.07 Å². The number of amides is 1. The molecule has 1 aromatic rings. The van der Waals surface area contributed by atoms with Gasteiger partial charge in [-0.2, -0.15) is 5.26 Å². The van der Waals surface area contributed by atoms with Crippen LogP contribution in [0.15, 0.2) is 24.3 Å². The first-order valence-electron chi connectivity index (χ1n) is 8.43. The molecule has 1 heterocycles. The van der Waals surface area contributed by atoms with Gasteiger partial charge in [-0.3, -0.25) is 4.79 Å². The number of rotatable bonds is 3. The summed E-state index contributed by atoms with van der Waals surface area (Å²) in [5.41, 5.74) is 0.681. The summed E-state index contributed by atoms with van der Waals surface area (Å²) < 4.78 is 10.7. The maximum atomic E-state index is 12.2. The van der Waals surface area contributed by atoms with Gasteiger partial charge in [0.1, 0.15) is 12.2 Å². The number of hydrogen-bond acceptors (Lipinski definition) is 5. The second kappa shape index (κ2) is 8.02. The highest BCUT2D eigenvalue weighted by Crippen LogP contribution is 2.21. The van der Waals surface area contributed by atoms with E-state index in [0.717, 1.165) is 0 Å². The maximum Gasteiger partial charge on any atom is 0.410 e. The summed E-state index contributed by atoms with van der Waals surface area (Å²) in [5, 5.41) is 9.05. The second-order valence-corrected chi connectivity index (χ2v) is 7.12. The van der Waals surface area contributed by atoms with Crippen LogP contribution in [0.3, 0.4) is 0 Å². The van der Waals surface area contributed by atoms with Gasteiger partial charge in [0.15, 0.2) is 0 Å². The lowest BCUT2D eigenvalue weighted by Crippen LogP contribution is -2.43. The van der Waals surface area contributed by atoms with Crippen molar-refractivity contribution in [3.05, 3.63) is 35.4 Å². The first-order chi connectivity index (χ1) is 11.8. The van der Waals surface area contributed by atoms with Gasteiger partial charge in [-0.05, 0) is 39.7 Å². The average molecular weight is 344 g/mol. The summed E-state index contributed by atoms with van der Waals surface area (Å²) in [7, 11) is 0. The molecule has 0 atom stereocenters. The fourth-order valence-electron chi connectivity index (χ4n) is 2.65. The van der Waals surface area contributed by atoms with Crippen LogP contribution in [0, 0.1) is 17.2 Å². The molecule has 0 spiro atoms. The SMILES string of the molecule is CC(C)(C)OC(=O)N1CCC(C(=O)OCc2ccccc2C#N)CC1. The Hall–Kier alpha value is -2.55. The number of nitrogens with zero attached hydrogens (tertiary/aromatic N) is 2. The number of hydrogen-bond donors (Lipinski definition) is 0. The number of ether oxygens (including phenoxy) is 2. The molecule has 0 aliphatic carbocycles. The molecule has 1 amide bonds. The van der Waals surface area contributed by atoms with Crippen molar-refractivity contribution in [2.45, 2.75) is 45.8 Å². The van der Waals surface area contributed by atoms with E-state index >= 15 is 0 Å². The van der Waals surface area contributed by atoms with Crippen LogP contribution in [-0.2, 0) is 20.9 Å². The predicted molar refractivity (Wildman–Crippen MR) is 91.5 cm³/mol. The normalized spacial score (nSPS) is 15.4. The van der Waals surface area contributed by atoms with Crippen LogP contribution >= 0.6 is 0 Å². The van der Waals surface area contributed by atoms with E-state index in [0.29, 0.717) is 37.1 Å². The zero-order valence-electron chi connectivity index (χ0n) is 14.9. The molecule has 1 aromatic carbocycles. The van der Waals surface area contributed by atoms with Crippen molar-refractivity contribution >= 4 is 12.1 Å². The Labute approximate surface area is 148 Å². The minimum absolute atomic E-state index is 0.0921. The van der Waals surface area contributed by atoms with E-state index in [4.69, 9.17) is 14.7 Å². The van der Waals surface area contributed by atoms with E-state index in [-0.39, 0.29) is 24.6 Å². The fourth-order valence-corrected chi connectivity index (χ4v) is 2.65. The number of esters is 1. The van der Waals surface area contributed by atoms with Crippen molar-refractivity contribution in [2.75, 3.05) is 13.1 Å². The Bertz CT molecular complexity index is 665. The lowest BCUT2D eigenvalue weighted by Gasteiger charge is -2.32. The minimum Gasteiger partial charge on any atom is -0.461 e. The van der Waals surface area contributed by atoms with Gasteiger partial charge in [0, 0.05) is 18.7 Å². The molecule has 6 nitrogen and oxygen atoms in total. The molecule has 0 N–H and O–H groups in total. The third-order valence-electron chi connectivity index (χ3n) is 3.99. The monoisotopic (exact) mass is 344 g/mol. The Balaban J connectivity index is 1.81. The highest BCUT2D eigenvalue weighted by molar-refractivity contribution is 5.73. The number of carbonyl (C=O) groups is 2. The number of benzene rings is 1. The summed E-state index contributed by atoms with van der Waals surface area (Å²) in [6.45, 7) is 6.53. The number of piperidine rings is 1. The first kappa shape index (κ1) is 18.8. The number of likely N-dealkylation sites (tertiary alicyclic amines) is 1. The van der Waals surface area contributed by atoms with Crippen molar-refractivity contribution in [2.24, 2.45) is 5.92 Å². The molecule has 2 rings (SSSR count). The van der Waals surface area contributed by atoms with Crippen molar-refractivity contribution in [1.82, 2.24) is 4.90 Å². The molecule has 0 saturated carbocycles. The van der Waals surface area contributed by atoms with Crippen molar-refractivity contribution in [3.8, 4) is 6.07 Å². The summed E-state index contributed by atoms with van der Waals surface area (Å²) in [6, 6.07) is 9.14. The van der Waals surface area contributed by atoms with Crippen LogP contribution in [0.1, 0.15) is 44.7 Å². The summed E-state index contributed by atoms with van der Waals surface area (Å²) in [5.74, 6) is -0.510. The largest absolute Gasteiger partial charge is 0.461 e. The molecule has 1 fully saturated rings. The Kier molecular flexibility index (Phi) is 6.02. The molecule has 25 heavy (non-hydrogen) atoms. The second-order valence-electron chi connectivity index (χ2n) is 7.12. The lowest BCUT2D eigenvalue weighted by molar-refractivity contribution is -0.151. The van der Waals surface area contributed by atoms with Gasteiger partial charge in [0.25, 0.3) is 0 Å². The summed E-state index contributed by atoms with van der Waals surface area (Å²) in [4.78, 5) is 25.9. The van der Waals surface area contributed by atoms with Crippen LogP contribution < -0.4 is 0 Å². The molecular formula is C19H24N2O4. The van der Waals surface area contributed by atoms with Crippen LogP contribution in [-0.4, -0.2) is 35.7 Å². The molecule has 0 aromatic heterocycles. The van der Waals surface area contributed by atoms with Crippen LogP contribution in [0.2, 0.25) is 0 Å². The van der Waals surface area contributed by atoms with E-state index in [1.807, 2.05) is 26.8 Å². The summed E-state index contributed by atoms with van der Waals surface area (Å²) >= 11 is 0. The van der Waals surface area contributed by atoms with Gasteiger partial charge in [0.05, 0.1) is 17.6 Å². The zero-order chi connectivity index (χ0) is 18.4. The lowest BCUT2D eigenvalue weighted by atomic mass is 9.97. The minimum atomic E-state index is -0.527. The average Bonchev–Trinajstić information content (AvgIpc) is 2.58. The molecule has 0 radical (unpaired) electrons. The topological polar surface area (TPSA) is 79.6 Å². The third kappa shape index (κ3) is 5.49. The van der Waals surface area contributed by atoms with Crippen LogP contribution in [0.5, 0.6) is 0 Å². The molecule has 134 valence electrons. The summed E-state index contributed by atoms with van der Waals surface area (Å²) in [6.07, 6.45) is 0.762. The van der Waals surface area contributed by atoms with Crippen LogP contribution in [0.25, 0.3) is 0 Å². The molecule has 1 aliphatic rings. The standard InChI is InChI=1S/C19H24N2O4/c1-19(2,3)25-18(23)21-10-8-14(9-11-21)17(22)24-13-16-7-5-4-6-15(16)12-20/h4-7,14H,8-11,13H2,1-3H3. The van der Waals surface area contributed by atoms with E-state index in [9.17, 15) is 9.59 Å². The van der Waals surface area contributed by atoms with Gasteiger partial charge in [-0.15, -0.1) is 0 Å². The highest BCUT2D eigenvalue weighted by Gasteiger charge is 2.30. The van der Waals surface area contributed by atoms with Gasteiger partial charge in [0.2, 0.25) is 0 Å². The fraction of sp³-hybridized carbons (Fsp3) is 0.526. The maximum absolute atomic E-state index is 12.2. The third-order valence-corrected chi connectivity index (χ3v) is 3.99. The Morgan fingerprint density at radius 3 is 2.48 bits per heavy atom. The number of carbonyl (C=O) groups excluding carboxylic acids is 2. The molecular weight excluding hydrogens is 320 g/mol. The van der Waals surface area contributed by atoms with E-state index < -0.39 is 5.60 Å². The van der Waals surface area contributed by atoms with Gasteiger partial charge < -0.3 is 14.4 Å². The molecule has 6 heteroatoms. The Morgan fingerprint density at radius 2 is 1.88 bits per heavy atom. The molecule has 1 aliphatic heterocycles. The number of nitriles is 1. The molecule has 0 unspecified atom stereocenters. The van der Waals surface area contributed by atoms with E-state index in [1.54, 1.807) is 23.1 Å². The van der Waals surface area contributed by atoms with Gasteiger partial charge >= 0.3 is 12.1 Å². The van der Waals surface area contributed by atoms with Crippen molar-refractivity contribution in [1.29, 1.82) is 5.26 Å². The highest BCUT2D eigenvalue weighted by atomic mass is 16.6. The zero-order valence-corrected chi connectivity index (χ0v) is 14.9. The molecule has 0 bridgehead atoms. The predicted octanol–water partition coefficient (Wildman–Crippen LogP) is 3.25. The van der Waals surface area contributed by atoms with Gasteiger partial charge in [-0.1, -0.05) is 18.2 Å².